The number of rotatable bonds is 5. The van der Waals surface area contributed by atoms with E-state index in [0.29, 0.717) is 11.5 Å². The summed E-state index contributed by atoms with van der Waals surface area (Å²) in [7, 11) is 0. The Morgan fingerprint density at radius 3 is 2.93 bits per heavy atom. The minimum Gasteiger partial charge on any atom is -0.313 e. The summed E-state index contributed by atoms with van der Waals surface area (Å²) in [4.78, 5) is 0. The SMILES string of the molecule is C#CCSCCNC1CCCCC1(C)C. The maximum absolute atomic E-state index is 5.21. The zero-order valence-electron chi connectivity index (χ0n) is 10.0. The van der Waals surface area contributed by atoms with Crippen LogP contribution in [0, 0.1) is 17.8 Å². The summed E-state index contributed by atoms with van der Waals surface area (Å²) in [5, 5.41) is 3.68. The zero-order chi connectivity index (χ0) is 11.1. The van der Waals surface area contributed by atoms with Gasteiger partial charge in [0.2, 0.25) is 0 Å². The topological polar surface area (TPSA) is 12.0 Å². The van der Waals surface area contributed by atoms with E-state index in [1.165, 1.54) is 25.7 Å². The fourth-order valence-electron chi connectivity index (χ4n) is 2.31. The Kier molecular flexibility index (Phi) is 5.56. The molecule has 1 aliphatic carbocycles. The van der Waals surface area contributed by atoms with Crippen molar-refractivity contribution in [3.63, 3.8) is 0 Å². The lowest BCUT2D eigenvalue weighted by Gasteiger charge is -2.39. The van der Waals surface area contributed by atoms with Gasteiger partial charge in [0.15, 0.2) is 0 Å². The summed E-state index contributed by atoms with van der Waals surface area (Å²) in [5.41, 5.74) is 0.481. The molecule has 1 aliphatic rings. The van der Waals surface area contributed by atoms with Crippen LogP contribution in [-0.2, 0) is 0 Å². The average Bonchev–Trinajstić information content (AvgIpc) is 2.19. The third-order valence-corrected chi connectivity index (χ3v) is 4.19. The van der Waals surface area contributed by atoms with Gasteiger partial charge in [-0.2, -0.15) is 0 Å². The molecule has 0 heterocycles. The molecular weight excluding hydrogens is 202 g/mol. The normalized spacial score (nSPS) is 24.7. The van der Waals surface area contributed by atoms with Crippen molar-refractivity contribution in [3.05, 3.63) is 0 Å². The van der Waals surface area contributed by atoms with Crippen LogP contribution in [0.15, 0.2) is 0 Å². The van der Waals surface area contributed by atoms with Crippen molar-refractivity contribution in [2.75, 3.05) is 18.1 Å². The first-order chi connectivity index (χ1) is 7.17. The highest BCUT2D eigenvalue weighted by molar-refractivity contribution is 7.99. The van der Waals surface area contributed by atoms with E-state index in [2.05, 4.69) is 25.1 Å². The van der Waals surface area contributed by atoms with E-state index in [1.54, 1.807) is 0 Å². The monoisotopic (exact) mass is 225 g/mol. The maximum atomic E-state index is 5.21. The molecule has 86 valence electrons. The molecule has 1 saturated carbocycles. The number of hydrogen-bond donors (Lipinski definition) is 1. The number of terminal acetylenes is 1. The third-order valence-electron chi connectivity index (χ3n) is 3.33. The Hall–Kier alpha value is -0.130. The Bertz CT molecular complexity index is 217. The Balaban J connectivity index is 2.16. The summed E-state index contributed by atoms with van der Waals surface area (Å²) >= 11 is 1.84. The van der Waals surface area contributed by atoms with Gasteiger partial charge in [-0.25, -0.2) is 0 Å². The van der Waals surface area contributed by atoms with Crippen LogP contribution in [0.3, 0.4) is 0 Å². The van der Waals surface area contributed by atoms with E-state index in [-0.39, 0.29) is 0 Å². The average molecular weight is 225 g/mol. The van der Waals surface area contributed by atoms with Gasteiger partial charge < -0.3 is 5.32 Å². The molecule has 1 unspecified atom stereocenters. The van der Waals surface area contributed by atoms with E-state index < -0.39 is 0 Å². The molecule has 1 atom stereocenters. The molecule has 0 aromatic heterocycles. The van der Waals surface area contributed by atoms with Crippen LogP contribution in [0.5, 0.6) is 0 Å². The number of thioether (sulfide) groups is 1. The molecule has 0 aromatic rings. The molecule has 2 heteroatoms. The lowest BCUT2D eigenvalue weighted by atomic mass is 9.73. The number of hydrogen-bond acceptors (Lipinski definition) is 2. The molecule has 0 amide bonds. The summed E-state index contributed by atoms with van der Waals surface area (Å²) in [6.07, 6.45) is 10.7. The Morgan fingerprint density at radius 2 is 2.27 bits per heavy atom. The molecule has 0 radical (unpaired) electrons. The highest BCUT2D eigenvalue weighted by atomic mass is 32.2. The van der Waals surface area contributed by atoms with Crippen LogP contribution in [0.2, 0.25) is 0 Å². The molecule has 0 spiro atoms. The molecular formula is C13H23NS. The first-order valence-corrected chi connectivity index (χ1v) is 7.07. The second-order valence-electron chi connectivity index (χ2n) is 5.00. The highest BCUT2D eigenvalue weighted by Crippen LogP contribution is 2.35. The summed E-state index contributed by atoms with van der Waals surface area (Å²) in [6.45, 7) is 5.87. The number of nitrogens with one attached hydrogen (secondary N) is 1. The van der Waals surface area contributed by atoms with Crippen molar-refractivity contribution in [2.24, 2.45) is 5.41 Å². The van der Waals surface area contributed by atoms with Gasteiger partial charge in [0.25, 0.3) is 0 Å². The van der Waals surface area contributed by atoms with Crippen LogP contribution < -0.4 is 5.32 Å². The van der Waals surface area contributed by atoms with E-state index in [9.17, 15) is 0 Å². The van der Waals surface area contributed by atoms with Crippen LogP contribution in [-0.4, -0.2) is 24.1 Å². The van der Waals surface area contributed by atoms with Gasteiger partial charge >= 0.3 is 0 Å². The summed E-state index contributed by atoms with van der Waals surface area (Å²) in [5.74, 6) is 4.64. The van der Waals surface area contributed by atoms with E-state index in [1.807, 2.05) is 11.8 Å². The summed E-state index contributed by atoms with van der Waals surface area (Å²) < 4.78 is 0. The van der Waals surface area contributed by atoms with Gasteiger partial charge in [0.05, 0.1) is 5.75 Å². The Labute approximate surface area is 98.8 Å². The third kappa shape index (κ3) is 4.49. The lowest BCUT2D eigenvalue weighted by molar-refractivity contribution is 0.170. The fourth-order valence-corrected chi connectivity index (χ4v) is 2.83. The predicted octanol–water partition coefficient (Wildman–Crippen LogP) is 2.91. The van der Waals surface area contributed by atoms with Gasteiger partial charge in [-0.3, -0.25) is 0 Å². The van der Waals surface area contributed by atoms with Crippen molar-refractivity contribution in [3.8, 4) is 12.3 Å². The Morgan fingerprint density at radius 1 is 1.47 bits per heavy atom. The molecule has 1 fully saturated rings. The molecule has 15 heavy (non-hydrogen) atoms. The first kappa shape index (κ1) is 12.9. The van der Waals surface area contributed by atoms with Crippen LogP contribution in [0.4, 0.5) is 0 Å². The second kappa shape index (κ2) is 6.45. The second-order valence-corrected chi connectivity index (χ2v) is 6.10. The van der Waals surface area contributed by atoms with Gasteiger partial charge in [-0.1, -0.05) is 32.6 Å². The standard InChI is InChI=1S/C13H23NS/c1-4-10-15-11-9-14-12-7-5-6-8-13(12,2)3/h1,12,14H,5-11H2,2-3H3. The first-order valence-electron chi connectivity index (χ1n) is 5.91. The molecule has 0 aliphatic heterocycles. The van der Waals surface area contributed by atoms with Crippen molar-refractivity contribution in [2.45, 2.75) is 45.6 Å². The lowest BCUT2D eigenvalue weighted by Crippen LogP contribution is -2.44. The predicted molar refractivity (Wildman–Crippen MR) is 70.2 cm³/mol. The molecule has 1 rings (SSSR count). The summed E-state index contributed by atoms with van der Waals surface area (Å²) in [6, 6.07) is 0.706. The van der Waals surface area contributed by atoms with Crippen molar-refractivity contribution in [1.82, 2.24) is 5.32 Å². The van der Waals surface area contributed by atoms with Gasteiger partial charge in [0, 0.05) is 18.3 Å². The van der Waals surface area contributed by atoms with Crippen molar-refractivity contribution < 1.29 is 0 Å². The smallest absolute Gasteiger partial charge is 0.0545 e. The van der Waals surface area contributed by atoms with Crippen LogP contribution in [0.25, 0.3) is 0 Å². The van der Waals surface area contributed by atoms with Crippen molar-refractivity contribution in [1.29, 1.82) is 0 Å². The largest absolute Gasteiger partial charge is 0.313 e. The molecule has 1 N–H and O–H groups in total. The van der Waals surface area contributed by atoms with Gasteiger partial charge in [0.1, 0.15) is 0 Å². The molecule has 0 saturated heterocycles. The van der Waals surface area contributed by atoms with Gasteiger partial charge in [-0.05, 0) is 18.3 Å². The fraction of sp³-hybridized carbons (Fsp3) is 0.846. The molecule has 1 nitrogen and oxygen atoms in total. The molecule has 0 aromatic carbocycles. The van der Waals surface area contributed by atoms with Crippen molar-refractivity contribution >= 4 is 11.8 Å². The quantitative estimate of drug-likeness (QED) is 0.570. The van der Waals surface area contributed by atoms with E-state index >= 15 is 0 Å². The van der Waals surface area contributed by atoms with Gasteiger partial charge in [-0.15, -0.1) is 18.2 Å². The van der Waals surface area contributed by atoms with Crippen LogP contribution in [0.1, 0.15) is 39.5 Å². The highest BCUT2D eigenvalue weighted by Gasteiger charge is 2.31. The minimum atomic E-state index is 0.481. The van der Waals surface area contributed by atoms with E-state index in [4.69, 9.17) is 6.42 Å². The maximum Gasteiger partial charge on any atom is 0.0545 e. The van der Waals surface area contributed by atoms with Crippen LogP contribution >= 0.6 is 11.8 Å². The minimum absolute atomic E-state index is 0.481. The zero-order valence-corrected chi connectivity index (χ0v) is 10.8. The van der Waals surface area contributed by atoms with E-state index in [0.717, 1.165) is 18.1 Å². The molecule has 0 bridgehead atoms.